The van der Waals surface area contributed by atoms with E-state index in [9.17, 15) is 8.42 Å². The number of hydrogen-bond acceptors (Lipinski definition) is 7. The highest BCUT2D eigenvalue weighted by atomic mass is 35.5. The van der Waals surface area contributed by atoms with E-state index in [1.54, 1.807) is 12.3 Å². The van der Waals surface area contributed by atoms with Gasteiger partial charge in [0.1, 0.15) is 10.6 Å². The molecule has 0 aliphatic rings. The lowest BCUT2D eigenvalue weighted by molar-refractivity contribution is 0.402. The molecule has 0 amide bonds. The Morgan fingerprint density at radius 1 is 1.24 bits per heavy atom. The highest BCUT2D eigenvalue weighted by molar-refractivity contribution is 7.89. The number of sulfonamides is 1. The second-order valence-corrected chi connectivity index (χ2v) is 7.48. The first-order chi connectivity index (χ1) is 11.8. The number of anilines is 2. The summed E-state index contributed by atoms with van der Waals surface area (Å²) in [5.74, 6) is 0.792. The molecule has 0 spiro atoms. The molecule has 1 aromatic heterocycles. The molecule has 2 aromatic rings. The summed E-state index contributed by atoms with van der Waals surface area (Å²) >= 11 is 5.88. The van der Waals surface area contributed by atoms with E-state index in [4.69, 9.17) is 16.3 Å². The summed E-state index contributed by atoms with van der Waals surface area (Å²) in [4.78, 5) is 1.89. The van der Waals surface area contributed by atoms with E-state index in [1.807, 2.05) is 25.1 Å². The van der Waals surface area contributed by atoms with Crippen LogP contribution in [0.1, 0.15) is 0 Å². The lowest BCUT2D eigenvalue weighted by atomic mass is 10.3. The molecule has 0 saturated heterocycles. The van der Waals surface area contributed by atoms with Crippen LogP contribution >= 0.6 is 11.6 Å². The Labute approximate surface area is 152 Å². The van der Waals surface area contributed by atoms with Gasteiger partial charge in [0.25, 0.3) is 0 Å². The Kier molecular flexibility index (Phi) is 6.40. The van der Waals surface area contributed by atoms with Crippen LogP contribution in [0.5, 0.6) is 5.75 Å². The normalized spacial score (nSPS) is 11.2. The van der Waals surface area contributed by atoms with Gasteiger partial charge in [-0.25, -0.2) is 13.1 Å². The summed E-state index contributed by atoms with van der Waals surface area (Å²) < 4.78 is 32.4. The van der Waals surface area contributed by atoms with Gasteiger partial charge in [0.15, 0.2) is 5.82 Å². The fourth-order valence-corrected chi connectivity index (χ4v) is 3.46. The quantitative estimate of drug-likeness (QED) is 0.666. The predicted octanol–water partition coefficient (Wildman–Crippen LogP) is 1.59. The minimum Gasteiger partial charge on any atom is -0.495 e. The maximum absolute atomic E-state index is 12.4. The number of methoxy groups -OCH3 is 1. The number of rotatable bonds is 8. The number of hydrogen-bond donors (Lipinski definition) is 2. The molecule has 0 radical (unpaired) electrons. The molecule has 2 rings (SSSR count). The monoisotopic (exact) mass is 385 g/mol. The molecule has 0 bridgehead atoms. The van der Waals surface area contributed by atoms with Gasteiger partial charge in [-0.15, -0.1) is 5.10 Å². The molecule has 0 aliphatic carbocycles. The highest BCUT2D eigenvalue weighted by Gasteiger charge is 2.19. The van der Waals surface area contributed by atoms with Crippen LogP contribution in [0.15, 0.2) is 35.4 Å². The van der Waals surface area contributed by atoms with E-state index in [2.05, 4.69) is 20.2 Å². The second-order valence-electron chi connectivity index (χ2n) is 5.31. The van der Waals surface area contributed by atoms with E-state index in [1.165, 1.54) is 19.2 Å². The number of halogens is 1. The van der Waals surface area contributed by atoms with Crippen LogP contribution in [-0.4, -0.2) is 52.9 Å². The third-order valence-electron chi connectivity index (χ3n) is 3.29. The Morgan fingerprint density at radius 2 is 2.00 bits per heavy atom. The zero-order chi connectivity index (χ0) is 18.4. The van der Waals surface area contributed by atoms with Crippen LogP contribution in [-0.2, 0) is 10.0 Å². The van der Waals surface area contributed by atoms with E-state index in [0.717, 1.165) is 5.69 Å². The van der Waals surface area contributed by atoms with Crippen LogP contribution in [0.2, 0.25) is 5.02 Å². The number of benzene rings is 1. The predicted molar refractivity (Wildman–Crippen MR) is 98.0 cm³/mol. The molecule has 1 aromatic carbocycles. The fraction of sp³-hybridized carbons (Fsp3) is 0.333. The molecule has 0 fully saturated rings. The van der Waals surface area contributed by atoms with E-state index >= 15 is 0 Å². The SMILES string of the molecule is COc1ccc(Cl)cc1S(=O)(=O)NCCNc1cc(N(C)C)cnn1. The van der Waals surface area contributed by atoms with Crippen molar-refractivity contribution in [1.82, 2.24) is 14.9 Å². The maximum Gasteiger partial charge on any atom is 0.244 e. The first-order valence-electron chi connectivity index (χ1n) is 7.40. The smallest absolute Gasteiger partial charge is 0.244 e. The first kappa shape index (κ1) is 19.2. The molecule has 0 unspecified atom stereocenters. The minimum absolute atomic E-state index is 0.00287. The van der Waals surface area contributed by atoms with Crippen LogP contribution in [0.25, 0.3) is 0 Å². The van der Waals surface area contributed by atoms with Gasteiger partial charge in [-0.1, -0.05) is 11.6 Å². The van der Waals surface area contributed by atoms with Gasteiger partial charge in [0.2, 0.25) is 10.0 Å². The summed E-state index contributed by atoms with van der Waals surface area (Å²) in [5.41, 5.74) is 0.891. The van der Waals surface area contributed by atoms with Gasteiger partial charge in [-0.3, -0.25) is 0 Å². The fourth-order valence-electron chi connectivity index (χ4n) is 2.00. The van der Waals surface area contributed by atoms with Crippen molar-refractivity contribution in [2.45, 2.75) is 4.90 Å². The molecule has 25 heavy (non-hydrogen) atoms. The van der Waals surface area contributed by atoms with E-state index in [0.29, 0.717) is 17.4 Å². The lowest BCUT2D eigenvalue weighted by Gasteiger charge is -2.13. The molecule has 0 aliphatic heterocycles. The number of ether oxygens (including phenoxy) is 1. The first-order valence-corrected chi connectivity index (χ1v) is 9.27. The van der Waals surface area contributed by atoms with Crippen molar-refractivity contribution in [3.8, 4) is 5.75 Å². The molecule has 136 valence electrons. The molecule has 0 saturated carbocycles. The summed E-state index contributed by atoms with van der Waals surface area (Å²) in [6.45, 7) is 0.500. The molecular formula is C15H20ClN5O3S. The van der Waals surface area contributed by atoms with Gasteiger partial charge >= 0.3 is 0 Å². The molecule has 0 atom stereocenters. The van der Waals surface area contributed by atoms with Gasteiger partial charge < -0.3 is 15.0 Å². The van der Waals surface area contributed by atoms with Gasteiger partial charge in [0, 0.05) is 38.3 Å². The molecule has 8 nitrogen and oxygen atoms in total. The van der Waals surface area contributed by atoms with Gasteiger partial charge in [-0.2, -0.15) is 5.10 Å². The largest absolute Gasteiger partial charge is 0.495 e. The van der Waals surface area contributed by atoms with Crippen LogP contribution < -0.4 is 19.7 Å². The number of nitrogens with one attached hydrogen (secondary N) is 2. The van der Waals surface area contributed by atoms with Crippen molar-refractivity contribution in [2.24, 2.45) is 0 Å². The Bertz CT molecular complexity index is 830. The Balaban J connectivity index is 1.97. The van der Waals surface area contributed by atoms with Crippen molar-refractivity contribution in [1.29, 1.82) is 0 Å². The van der Waals surface area contributed by atoms with Crippen molar-refractivity contribution in [3.05, 3.63) is 35.5 Å². The van der Waals surface area contributed by atoms with Crippen LogP contribution in [0.4, 0.5) is 11.5 Å². The summed E-state index contributed by atoms with van der Waals surface area (Å²) in [7, 11) is 1.45. The average molecular weight is 386 g/mol. The van der Waals surface area contributed by atoms with E-state index < -0.39 is 10.0 Å². The Morgan fingerprint density at radius 3 is 2.68 bits per heavy atom. The topological polar surface area (TPSA) is 96.5 Å². The van der Waals surface area contributed by atoms with Crippen molar-refractivity contribution < 1.29 is 13.2 Å². The average Bonchev–Trinajstić information content (AvgIpc) is 2.59. The minimum atomic E-state index is -3.75. The van der Waals surface area contributed by atoms with Gasteiger partial charge in [0.05, 0.1) is 19.0 Å². The lowest BCUT2D eigenvalue weighted by Crippen LogP contribution is -2.29. The Hall–Kier alpha value is -2.10. The summed E-state index contributed by atoms with van der Waals surface area (Å²) in [6, 6.07) is 6.25. The maximum atomic E-state index is 12.4. The van der Waals surface area contributed by atoms with E-state index in [-0.39, 0.29) is 17.2 Å². The van der Waals surface area contributed by atoms with Crippen LogP contribution in [0, 0.1) is 0 Å². The van der Waals surface area contributed by atoms with Gasteiger partial charge in [-0.05, 0) is 18.2 Å². The summed E-state index contributed by atoms with van der Waals surface area (Å²) in [5, 5.41) is 11.2. The highest BCUT2D eigenvalue weighted by Crippen LogP contribution is 2.26. The van der Waals surface area contributed by atoms with Crippen LogP contribution in [0.3, 0.4) is 0 Å². The molecule has 2 N–H and O–H groups in total. The van der Waals surface area contributed by atoms with Crippen molar-refractivity contribution >= 4 is 33.1 Å². The second kappa shape index (κ2) is 8.32. The van der Waals surface area contributed by atoms with Crippen molar-refractivity contribution in [3.63, 3.8) is 0 Å². The summed E-state index contributed by atoms with van der Waals surface area (Å²) in [6.07, 6.45) is 1.64. The third-order valence-corrected chi connectivity index (χ3v) is 5.01. The number of aromatic nitrogens is 2. The molecular weight excluding hydrogens is 366 g/mol. The molecule has 1 heterocycles. The number of nitrogens with zero attached hydrogens (tertiary/aromatic N) is 3. The standard InChI is InChI=1S/C15H20ClN5O3S/c1-21(2)12-9-15(20-18-10-12)17-6-7-19-25(22,23)14-8-11(16)4-5-13(14)24-3/h4-5,8-10,19H,6-7H2,1-3H3,(H,17,20). The zero-order valence-electron chi connectivity index (χ0n) is 14.2. The molecule has 10 heteroatoms. The zero-order valence-corrected chi connectivity index (χ0v) is 15.7. The van der Waals surface area contributed by atoms with Crippen molar-refractivity contribution in [2.75, 3.05) is 44.5 Å². The third kappa shape index (κ3) is 5.18.